The molecule has 1 saturated heterocycles. The summed E-state index contributed by atoms with van der Waals surface area (Å²) in [6, 6.07) is -0.605. The highest BCUT2D eigenvalue weighted by molar-refractivity contribution is 5.96. The van der Waals surface area contributed by atoms with Crippen molar-refractivity contribution in [3.05, 3.63) is 18.2 Å². The number of hydrogen-bond acceptors (Lipinski definition) is 5. The van der Waals surface area contributed by atoms with E-state index in [1.54, 1.807) is 12.4 Å². The van der Waals surface area contributed by atoms with Crippen molar-refractivity contribution >= 4 is 17.5 Å². The Morgan fingerprint density at radius 1 is 1.45 bits per heavy atom. The smallest absolute Gasteiger partial charge is 0.249 e. The molecule has 7 heteroatoms. The molecule has 2 amide bonds. The van der Waals surface area contributed by atoms with Gasteiger partial charge in [-0.3, -0.25) is 9.59 Å². The molecule has 7 nitrogen and oxygen atoms in total. The van der Waals surface area contributed by atoms with Crippen LogP contribution in [0.15, 0.2) is 12.4 Å². The second kappa shape index (κ2) is 6.42. The van der Waals surface area contributed by atoms with Crippen LogP contribution in [0.1, 0.15) is 19.7 Å². The fourth-order valence-electron chi connectivity index (χ4n) is 2.03. The van der Waals surface area contributed by atoms with Crippen LogP contribution in [-0.4, -0.2) is 52.5 Å². The molecule has 0 spiro atoms. The van der Waals surface area contributed by atoms with E-state index in [1.165, 1.54) is 11.8 Å². The molecular weight excluding hydrogens is 260 g/mol. The molecule has 1 aliphatic heterocycles. The van der Waals surface area contributed by atoms with Crippen LogP contribution in [0.3, 0.4) is 0 Å². The van der Waals surface area contributed by atoms with Crippen LogP contribution in [-0.2, 0) is 20.7 Å². The number of morpholine rings is 1. The van der Waals surface area contributed by atoms with Gasteiger partial charge in [-0.2, -0.15) is 0 Å². The van der Waals surface area contributed by atoms with Gasteiger partial charge in [0.05, 0.1) is 31.3 Å². The standard InChI is InChI=1S/C13H18N4O3/c1-3-12-14-6-10(7-15-12)16-13(19)11-8-20-5-4-17(11)9(2)18/h6-7,11H,3-5,8H2,1-2H3,(H,16,19). The number of amides is 2. The average Bonchev–Trinajstić information content (AvgIpc) is 2.48. The highest BCUT2D eigenvalue weighted by Gasteiger charge is 2.31. The number of ether oxygens (including phenoxy) is 1. The molecule has 1 aromatic rings. The van der Waals surface area contributed by atoms with Crippen LogP contribution in [0, 0.1) is 0 Å². The van der Waals surface area contributed by atoms with Crippen LogP contribution in [0.4, 0.5) is 5.69 Å². The van der Waals surface area contributed by atoms with Gasteiger partial charge < -0.3 is 15.0 Å². The summed E-state index contributed by atoms with van der Waals surface area (Å²) in [6.45, 7) is 4.50. The lowest BCUT2D eigenvalue weighted by Gasteiger charge is -2.33. The van der Waals surface area contributed by atoms with E-state index in [0.29, 0.717) is 18.8 Å². The first kappa shape index (κ1) is 14.4. The molecule has 0 aliphatic carbocycles. The topological polar surface area (TPSA) is 84.4 Å². The zero-order valence-electron chi connectivity index (χ0n) is 11.6. The van der Waals surface area contributed by atoms with Crippen LogP contribution >= 0.6 is 0 Å². The van der Waals surface area contributed by atoms with E-state index < -0.39 is 6.04 Å². The highest BCUT2D eigenvalue weighted by Crippen LogP contribution is 2.11. The normalized spacial score (nSPS) is 18.7. The minimum Gasteiger partial charge on any atom is -0.377 e. The Hall–Kier alpha value is -2.02. The van der Waals surface area contributed by atoms with Crippen molar-refractivity contribution in [2.45, 2.75) is 26.3 Å². The Labute approximate surface area is 117 Å². The second-order valence-corrected chi connectivity index (χ2v) is 4.53. The number of nitrogens with one attached hydrogen (secondary N) is 1. The number of nitrogens with zero attached hydrogens (tertiary/aromatic N) is 3. The lowest BCUT2D eigenvalue weighted by molar-refractivity contribution is -0.144. The first-order chi connectivity index (χ1) is 9.61. The maximum atomic E-state index is 12.2. The van der Waals surface area contributed by atoms with Gasteiger partial charge in [-0.1, -0.05) is 6.92 Å². The molecule has 0 radical (unpaired) electrons. The van der Waals surface area contributed by atoms with Crippen molar-refractivity contribution < 1.29 is 14.3 Å². The van der Waals surface area contributed by atoms with Gasteiger partial charge in [0, 0.05) is 19.9 Å². The van der Waals surface area contributed by atoms with E-state index in [4.69, 9.17) is 4.74 Å². The van der Waals surface area contributed by atoms with Crippen molar-refractivity contribution in [3.8, 4) is 0 Å². The second-order valence-electron chi connectivity index (χ2n) is 4.53. The number of carbonyl (C=O) groups excluding carboxylic acids is 2. The van der Waals surface area contributed by atoms with Gasteiger partial charge in [0.15, 0.2) is 0 Å². The molecule has 20 heavy (non-hydrogen) atoms. The number of aryl methyl sites for hydroxylation is 1. The number of aromatic nitrogens is 2. The summed E-state index contributed by atoms with van der Waals surface area (Å²) < 4.78 is 5.27. The summed E-state index contributed by atoms with van der Waals surface area (Å²) in [6.07, 6.45) is 3.86. The van der Waals surface area contributed by atoms with Gasteiger partial charge in [-0.25, -0.2) is 9.97 Å². The van der Waals surface area contributed by atoms with Crippen molar-refractivity contribution in [3.63, 3.8) is 0 Å². The summed E-state index contributed by atoms with van der Waals surface area (Å²) in [4.78, 5) is 33.4. The predicted octanol–water partition coefficient (Wildman–Crippen LogP) is 0.225. The molecule has 1 aliphatic rings. The molecule has 0 saturated carbocycles. The first-order valence-electron chi connectivity index (χ1n) is 6.58. The molecule has 1 atom stereocenters. The van der Waals surface area contributed by atoms with E-state index >= 15 is 0 Å². The van der Waals surface area contributed by atoms with Crippen molar-refractivity contribution in [2.75, 3.05) is 25.1 Å². The maximum Gasteiger partial charge on any atom is 0.249 e. The summed E-state index contributed by atoms with van der Waals surface area (Å²) >= 11 is 0. The average molecular weight is 278 g/mol. The fourth-order valence-corrected chi connectivity index (χ4v) is 2.03. The van der Waals surface area contributed by atoms with Gasteiger partial charge in [-0.15, -0.1) is 0 Å². The van der Waals surface area contributed by atoms with Crippen LogP contribution in [0.25, 0.3) is 0 Å². The Kier molecular flexibility index (Phi) is 4.62. The van der Waals surface area contributed by atoms with E-state index in [0.717, 1.165) is 12.2 Å². The largest absolute Gasteiger partial charge is 0.377 e. The third-order valence-corrected chi connectivity index (χ3v) is 3.12. The fraction of sp³-hybridized carbons (Fsp3) is 0.538. The monoisotopic (exact) mass is 278 g/mol. The van der Waals surface area contributed by atoms with E-state index in [-0.39, 0.29) is 18.4 Å². The zero-order chi connectivity index (χ0) is 14.5. The molecule has 0 aromatic carbocycles. The summed E-state index contributed by atoms with van der Waals surface area (Å²) in [5, 5.41) is 2.71. The molecule has 1 aromatic heterocycles. The predicted molar refractivity (Wildman–Crippen MR) is 72.0 cm³/mol. The Morgan fingerprint density at radius 3 is 2.75 bits per heavy atom. The van der Waals surface area contributed by atoms with Gasteiger partial charge >= 0.3 is 0 Å². The number of anilines is 1. The number of hydrogen-bond donors (Lipinski definition) is 1. The lowest BCUT2D eigenvalue weighted by atomic mass is 10.2. The summed E-state index contributed by atoms with van der Waals surface area (Å²) in [5.74, 6) is 0.299. The van der Waals surface area contributed by atoms with Crippen molar-refractivity contribution in [1.82, 2.24) is 14.9 Å². The molecule has 1 fully saturated rings. The summed E-state index contributed by atoms with van der Waals surface area (Å²) in [5.41, 5.74) is 0.515. The molecule has 1 N–H and O–H groups in total. The van der Waals surface area contributed by atoms with Crippen molar-refractivity contribution in [2.24, 2.45) is 0 Å². The Bertz CT molecular complexity index is 489. The molecule has 2 rings (SSSR count). The van der Waals surface area contributed by atoms with Crippen LogP contribution in [0.5, 0.6) is 0 Å². The minimum absolute atomic E-state index is 0.133. The minimum atomic E-state index is -0.605. The van der Waals surface area contributed by atoms with Gasteiger partial charge in [0.1, 0.15) is 11.9 Å². The maximum absolute atomic E-state index is 12.2. The number of carbonyl (C=O) groups is 2. The van der Waals surface area contributed by atoms with Gasteiger partial charge in [-0.05, 0) is 0 Å². The Morgan fingerprint density at radius 2 is 2.15 bits per heavy atom. The quantitative estimate of drug-likeness (QED) is 0.855. The third-order valence-electron chi connectivity index (χ3n) is 3.12. The summed E-state index contributed by atoms with van der Waals surface area (Å²) in [7, 11) is 0. The highest BCUT2D eigenvalue weighted by atomic mass is 16.5. The van der Waals surface area contributed by atoms with Crippen LogP contribution < -0.4 is 5.32 Å². The van der Waals surface area contributed by atoms with Gasteiger partial charge in [0.25, 0.3) is 0 Å². The van der Waals surface area contributed by atoms with Gasteiger partial charge in [0.2, 0.25) is 11.8 Å². The molecule has 1 unspecified atom stereocenters. The van der Waals surface area contributed by atoms with Crippen molar-refractivity contribution in [1.29, 1.82) is 0 Å². The van der Waals surface area contributed by atoms with E-state index in [1.807, 2.05) is 6.92 Å². The Balaban J connectivity index is 2.03. The third kappa shape index (κ3) is 3.30. The molecular formula is C13H18N4O3. The zero-order valence-corrected chi connectivity index (χ0v) is 11.6. The molecule has 108 valence electrons. The SMILES string of the molecule is CCc1ncc(NC(=O)C2COCCN2C(C)=O)cn1. The van der Waals surface area contributed by atoms with E-state index in [9.17, 15) is 9.59 Å². The van der Waals surface area contributed by atoms with E-state index in [2.05, 4.69) is 15.3 Å². The molecule has 0 bridgehead atoms. The van der Waals surface area contributed by atoms with Crippen LogP contribution in [0.2, 0.25) is 0 Å². The number of rotatable bonds is 3. The molecule has 2 heterocycles. The first-order valence-corrected chi connectivity index (χ1v) is 6.58. The lowest BCUT2D eigenvalue weighted by Crippen LogP contribution is -2.53.